The standard InChI is InChI=1S/C14H15NO/c1-3-12(5-4-10-15)14-8-6-13(7-9-14)11(2)16/h3-10,15H,1-2H3/p+1/b5-4-,12-3+,15-10?. The molecule has 0 unspecified atom stereocenters. The van der Waals surface area contributed by atoms with Gasteiger partial charge < -0.3 is 0 Å². The number of hydrogen-bond donors (Lipinski definition) is 1. The molecule has 0 aliphatic heterocycles. The number of carbonyl (C=O) groups excluding carboxylic acids is 1. The number of rotatable bonds is 4. The first-order valence-electron chi connectivity index (χ1n) is 5.18. The lowest BCUT2D eigenvalue weighted by molar-refractivity contribution is -0.104. The summed E-state index contributed by atoms with van der Waals surface area (Å²) in [6, 6.07) is 7.54. The van der Waals surface area contributed by atoms with Gasteiger partial charge in [0.05, 0.1) is 0 Å². The zero-order valence-corrected chi connectivity index (χ0v) is 9.60. The van der Waals surface area contributed by atoms with Gasteiger partial charge in [0.25, 0.3) is 0 Å². The number of Topliss-reactive ketones (excluding diaryl/α,β-unsaturated/α-hetero) is 1. The molecule has 1 aromatic carbocycles. The van der Waals surface area contributed by atoms with Crippen LogP contribution in [-0.4, -0.2) is 12.0 Å². The van der Waals surface area contributed by atoms with Crippen LogP contribution in [0.4, 0.5) is 0 Å². The second-order valence-corrected chi connectivity index (χ2v) is 3.43. The third-order valence-corrected chi connectivity index (χ3v) is 2.32. The third-order valence-electron chi connectivity index (χ3n) is 2.32. The minimum atomic E-state index is 0.0828. The van der Waals surface area contributed by atoms with Gasteiger partial charge in [-0.2, -0.15) is 0 Å². The molecule has 0 amide bonds. The van der Waals surface area contributed by atoms with E-state index >= 15 is 0 Å². The Kier molecular flexibility index (Phi) is 4.40. The second-order valence-electron chi connectivity index (χ2n) is 3.43. The molecule has 0 aliphatic rings. The van der Waals surface area contributed by atoms with Crippen LogP contribution in [0.5, 0.6) is 0 Å². The van der Waals surface area contributed by atoms with Gasteiger partial charge in [-0.15, -0.1) is 0 Å². The highest BCUT2D eigenvalue weighted by atomic mass is 16.1. The van der Waals surface area contributed by atoms with Crippen LogP contribution < -0.4 is 5.41 Å². The van der Waals surface area contributed by atoms with Gasteiger partial charge in [0.2, 0.25) is 0 Å². The van der Waals surface area contributed by atoms with Gasteiger partial charge in [-0.05, 0) is 31.1 Å². The molecular weight excluding hydrogens is 198 g/mol. The minimum absolute atomic E-state index is 0.0828. The van der Waals surface area contributed by atoms with Gasteiger partial charge in [0.1, 0.15) is 0 Å². The molecule has 0 radical (unpaired) electrons. The highest BCUT2D eigenvalue weighted by Gasteiger charge is 2.00. The molecule has 2 N–H and O–H groups in total. The van der Waals surface area contributed by atoms with Crippen LogP contribution in [0.15, 0.2) is 42.5 Å². The molecule has 82 valence electrons. The van der Waals surface area contributed by atoms with Crippen molar-refractivity contribution in [2.24, 2.45) is 0 Å². The zero-order valence-electron chi connectivity index (χ0n) is 9.60. The van der Waals surface area contributed by atoms with E-state index in [1.54, 1.807) is 13.0 Å². The van der Waals surface area contributed by atoms with E-state index in [1.165, 1.54) is 6.21 Å². The van der Waals surface area contributed by atoms with Crippen LogP contribution in [0.2, 0.25) is 0 Å². The molecule has 2 nitrogen and oxygen atoms in total. The van der Waals surface area contributed by atoms with Crippen molar-refractivity contribution in [3.63, 3.8) is 0 Å². The first-order valence-corrected chi connectivity index (χ1v) is 5.18. The Balaban J connectivity index is 3.00. The molecule has 0 saturated heterocycles. The molecule has 0 bridgehead atoms. The van der Waals surface area contributed by atoms with E-state index < -0.39 is 0 Å². The van der Waals surface area contributed by atoms with Crippen molar-refractivity contribution in [3.8, 4) is 0 Å². The van der Waals surface area contributed by atoms with Crippen molar-refractivity contribution in [2.75, 3.05) is 0 Å². The molecule has 0 atom stereocenters. The number of benzene rings is 1. The van der Waals surface area contributed by atoms with Crippen molar-refractivity contribution < 1.29 is 10.2 Å². The third kappa shape index (κ3) is 3.02. The average Bonchev–Trinajstić information content (AvgIpc) is 2.30. The van der Waals surface area contributed by atoms with Crippen LogP contribution in [0.1, 0.15) is 29.8 Å². The quantitative estimate of drug-likeness (QED) is 0.462. The van der Waals surface area contributed by atoms with Gasteiger partial charge in [0.15, 0.2) is 12.0 Å². The molecule has 0 saturated carbocycles. The van der Waals surface area contributed by atoms with E-state index in [2.05, 4.69) is 0 Å². The summed E-state index contributed by atoms with van der Waals surface area (Å²) in [5, 5.41) is 5.29. The maximum Gasteiger partial charge on any atom is 0.160 e. The molecule has 0 fully saturated rings. The minimum Gasteiger partial charge on any atom is -0.295 e. The van der Waals surface area contributed by atoms with E-state index in [-0.39, 0.29) is 5.78 Å². The lowest BCUT2D eigenvalue weighted by Crippen LogP contribution is -2.28. The molecule has 1 rings (SSSR count). The maximum atomic E-state index is 11.1. The Labute approximate surface area is 95.8 Å². The van der Waals surface area contributed by atoms with Crippen LogP contribution in [-0.2, 0) is 0 Å². The van der Waals surface area contributed by atoms with Crippen molar-refractivity contribution in [2.45, 2.75) is 13.8 Å². The maximum absolute atomic E-state index is 11.1. The SMILES string of the molecule is C/C=C(\C=C/C=[NH2+])c1ccc(C(C)=O)cc1. The highest BCUT2D eigenvalue weighted by molar-refractivity contribution is 5.94. The number of ketones is 1. The second kappa shape index (κ2) is 5.81. The molecule has 0 aromatic heterocycles. The lowest BCUT2D eigenvalue weighted by Gasteiger charge is -2.02. The number of hydrogen-bond acceptors (Lipinski definition) is 1. The number of carbonyl (C=O) groups is 1. The van der Waals surface area contributed by atoms with E-state index in [1.807, 2.05) is 43.3 Å². The normalized spacial score (nSPS) is 11.8. The Morgan fingerprint density at radius 3 is 2.19 bits per heavy atom. The van der Waals surface area contributed by atoms with Crippen molar-refractivity contribution in [1.82, 2.24) is 0 Å². The van der Waals surface area contributed by atoms with E-state index in [4.69, 9.17) is 5.41 Å². The van der Waals surface area contributed by atoms with E-state index in [0.29, 0.717) is 0 Å². The van der Waals surface area contributed by atoms with Crippen LogP contribution >= 0.6 is 0 Å². The fourth-order valence-corrected chi connectivity index (χ4v) is 1.42. The van der Waals surface area contributed by atoms with Crippen LogP contribution in [0.25, 0.3) is 5.57 Å². The number of allylic oxidation sites excluding steroid dienone is 4. The summed E-state index contributed by atoms with van der Waals surface area (Å²) in [6.45, 7) is 3.53. The Bertz CT molecular complexity index is 438. The molecule has 16 heavy (non-hydrogen) atoms. The molecule has 1 aromatic rings. The summed E-state index contributed by atoms with van der Waals surface area (Å²) in [4.78, 5) is 11.1. The fourth-order valence-electron chi connectivity index (χ4n) is 1.42. The predicted octanol–water partition coefficient (Wildman–Crippen LogP) is 1.68. The van der Waals surface area contributed by atoms with E-state index in [9.17, 15) is 4.79 Å². The first-order chi connectivity index (χ1) is 7.69. The Morgan fingerprint density at radius 1 is 1.19 bits per heavy atom. The van der Waals surface area contributed by atoms with Gasteiger partial charge in [-0.25, -0.2) is 0 Å². The highest BCUT2D eigenvalue weighted by Crippen LogP contribution is 2.16. The Morgan fingerprint density at radius 2 is 1.75 bits per heavy atom. The fraction of sp³-hybridized carbons (Fsp3) is 0.143. The molecule has 0 heterocycles. The largest absolute Gasteiger partial charge is 0.295 e. The van der Waals surface area contributed by atoms with Crippen molar-refractivity contribution in [3.05, 3.63) is 53.6 Å². The molecule has 2 heteroatoms. The summed E-state index contributed by atoms with van der Waals surface area (Å²) in [7, 11) is 0. The monoisotopic (exact) mass is 214 g/mol. The van der Waals surface area contributed by atoms with Crippen LogP contribution in [0.3, 0.4) is 0 Å². The molecular formula is C14H16NO+. The summed E-state index contributed by atoms with van der Waals surface area (Å²) in [5.74, 6) is 0.0828. The number of nitrogens with two attached hydrogens (primary N) is 1. The van der Waals surface area contributed by atoms with Crippen LogP contribution in [0, 0.1) is 0 Å². The lowest BCUT2D eigenvalue weighted by atomic mass is 10.0. The van der Waals surface area contributed by atoms with Crippen molar-refractivity contribution >= 4 is 17.6 Å². The van der Waals surface area contributed by atoms with E-state index in [0.717, 1.165) is 16.7 Å². The van der Waals surface area contributed by atoms with Gasteiger partial charge in [0, 0.05) is 11.6 Å². The first kappa shape index (κ1) is 12.1. The molecule has 0 spiro atoms. The summed E-state index contributed by atoms with van der Waals surface area (Å²) in [6.07, 6.45) is 7.22. The smallest absolute Gasteiger partial charge is 0.160 e. The summed E-state index contributed by atoms with van der Waals surface area (Å²) < 4.78 is 0. The summed E-state index contributed by atoms with van der Waals surface area (Å²) >= 11 is 0. The van der Waals surface area contributed by atoms with Crippen molar-refractivity contribution in [1.29, 1.82) is 0 Å². The predicted molar refractivity (Wildman–Crippen MR) is 67.2 cm³/mol. The van der Waals surface area contributed by atoms with Gasteiger partial charge in [-0.1, -0.05) is 30.3 Å². The van der Waals surface area contributed by atoms with Gasteiger partial charge in [-0.3, -0.25) is 10.2 Å². The average molecular weight is 214 g/mol. The Hall–Kier alpha value is -1.96. The van der Waals surface area contributed by atoms with Gasteiger partial charge >= 0.3 is 0 Å². The topological polar surface area (TPSA) is 42.7 Å². The summed E-state index contributed by atoms with van der Waals surface area (Å²) in [5.41, 5.74) is 2.89. The zero-order chi connectivity index (χ0) is 12.0. The molecule has 0 aliphatic carbocycles.